The van der Waals surface area contributed by atoms with Gasteiger partial charge in [0.05, 0.1) is 4.92 Å². The number of rotatable bonds is 4. The zero-order valence-electron chi connectivity index (χ0n) is 13.3. The highest BCUT2D eigenvalue weighted by Gasteiger charge is 2.26. The van der Waals surface area contributed by atoms with Gasteiger partial charge in [-0.05, 0) is 25.7 Å². The Hall–Kier alpha value is -2.51. The molecule has 1 N–H and O–H groups in total. The summed E-state index contributed by atoms with van der Waals surface area (Å²) in [7, 11) is 0. The molecule has 0 aliphatic heterocycles. The zero-order chi connectivity index (χ0) is 16.4. The maximum Gasteiger partial charge on any atom is 0.333 e. The molecule has 2 heterocycles. The van der Waals surface area contributed by atoms with E-state index < -0.39 is 4.92 Å². The van der Waals surface area contributed by atoms with E-state index in [9.17, 15) is 10.1 Å². The summed E-state index contributed by atoms with van der Waals surface area (Å²) in [4.78, 5) is 23.5. The molecule has 8 nitrogen and oxygen atoms in total. The van der Waals surface area contributed by atoms with Crippen molar-refractivity contribution in [2.24, 2.45) is 5.92 Å². The van der Waals surface area contributed by atoms with Crippen molar-refractivity contribution in [3.8, 4) is 5.82 Å². The van der Waals surface area contributed by atoms with Crippen molar-refractivity contribution in [2.75, 3.05) is 5.32 Å². The van der Waals surface area contributed by atoms with Crippen LogP contribution in [-0.4, -0.2) is 30.5 Å². The summed E-state index contributed by atoms with van der Waals surface area (Å²) in [6.45, 7) is 3.85. The molecule has 2 aromatic heterocycles. The molecule has 1 fully saturated rings. The fraction of sp³-hybridized carbons (Fsp3) is 0.533. The Morgan fingerprint density at radius 1 is 1.35 bits per heavy atom. The molecule has 3 rings (SSSR count). The van der Waals surface area contributed by atoms with Crippen LogP contribution in [-0.2, 0) is 0 Å². The Labute approximate surface area is 134 Å². The van der Waals surface area contributed by atoms with E-state index in [-0.39, 0.29) is 11.5 Å². The number of anilines is 1. The van der Waals surface area contributed by atoms with E-state index in [1.807, 2.05) is 0 Å². The molecular formula is C15H20N6O2. The van der Waals surface area contributed by atoms with Crippen molar-refractivity contribution >= 4 is 11.6 Å². The smallest absolute Gasteiger partial charge is 0.333 e. The fourth-order valence-corrected chi connectivity index (χ4v) is 3.09. The summed E-state index contributed by atoms with van der Waals surface area (Å²) in [5.74, 6) is 1.22. The highest BCUT2D eigenvalue weighted by Crippen LogP contribution is 2.29. The lowest BCUT2D eigenvalue weighted by molar-refractivity contribution is -0.385. The number of nitrogens with one attached hydrogen (secondary N) is 1. The molecular weight excluding hydrogens is 296 g/mol. The van der Waals surface area contributed by atoms with Crippen molar-refractivity contribution in [1.29, 1.82) is 0 Å². The average molecular weight is 316 g/mol. The van der Waals surface area contributed by atoms with Crippen LogP contribution in [0.2, 0.25) is 0 Å². The topological polar surface area (TPSA) is 98.8 Å². The molecule has 0 spiro atoms. The van der Waals surface area contributed by atoms with E-state index in [2.05, 4.69) is 27.2 Å². The van der Waals surface area contributed by atoms with Gasteiger partial charge < -0.3 is 5.32 Å². The summed E-state index contributed by atoms with van der Waals surface area (Å²) in [6, 6.07) is 0.306. The van der Waals surface area contributed by atoms with Crippen LogP contribution in [0.3, 0.4) is 0 Å². The number of hydrogen-bond donors (Lipinski definition) is 1. The Morgan fingerprint density at radius 2 is 2.13 bits per heavy atom. The highest BCUT2D eigenvalue weighted by molar-refractivity contribution is 5.53. The van der Waals surface area contributed by atoms with Gasteiger partial charge in [0, 0.05) is 18.4 Å². The lowest BCUT2D eigenvalue weighted by Gasteiger charge is -2.29. The first-order valence-electron chi connectivity index (χ1n) is 7.84. The van der Waals surface area contributed by atoms with Gasteiger partial charge in [-0.25, -0.2) is 9.97 Å². The highest BCUT2D eigenvalue weighted by atomic mass is 16.6. The Morgan fingerprint density at radius 3 is 2.78 bits per heavy atom. The van der Waals surface area contributed by atoms with Crippen LogP contribution in [0.25, 0.3) is 5.82 Å². The van der Waals surface area contributed by atoms with Crippen LogP contribution in [0.4, 0.5) is 11.6 Å². The van der Waals surface area contributed by atoms with Gasteiger partial charge in [0.25, 0.3) is 0 Å². The van der Waals surface area contributed by atoms with E-state index in [1.165, 1.54) is 25.6 Å². The third kappa shape index (κ3) is 3.15. The molecule has 1 saturated carbocycles. The molecule has 2 aromatic rings. The first-order valence-corrected chi connectivity index (χ1v) is 7.84. The van der Waals surface area contributed by atoms with Gasteiger partial charge in [0.15, 0.2) is 0 Å². The monoisotopic (exact) mass is 316 g/mol. The Bertz CT molecular complexity index is 700. The van der Waals surface area contributed by atoms with Crippen molar-refractivity contribution in [1.82, 2.24) is 19.5 Å². The number of nitrogens with zero attached hydrogens (tertiary/aromatic N) is 5. The largest absolute Gasteiger partial charge is 0.351 e. The number of aromatic nitrogens is 4. The summed E-state index contributed by atoms with van der Waals surface area (Å²) in [6.07, 6.45) is 9.39. The zero-order valence-corrected chi connectivity index (χ0v) is 13.3. The van der Waals surface area contributed by atoms with Gasteiger partial charge in [-0.1, -0.05) is 19.8 Å². The van der Waals surface area contributed by atoms with Gasteiger partial charge in [0.2, 0.25) is 11.8 Å². The second-order valence-electron chi connectivity index (χ2n) is 6.04. The standard InChI is InChI=1S/C15H20N6O2/c1-10-5-3-4-6-12(10)18-15-17-11(2)13(21(22)23)14(19-15)20-8-7-16-9-20/h7-10,12H,3-6H2,1-2H3,(H,17,18,19)/t10-,12?/m0/s1. The fourth-order valence-electron chi connectivity index (χ4n) is 3.09. The first kappa shape index (κ1) is 15.4. The van der Waals surface area contributed by atoms with E-state index in [0.717, 1.165) is 6.42 Å². The van der Waals surface area contributed by atoms with Crippen molar-refractivity contribution in [2.45, 2.75) is 45.6 Å². The van der Waals surface area contributed by atoms with Crippen LogP contribution < -0.4 is 5.32 Å². The Kier molecular flexibility index (Phi) is 4.22. The molecule has 0 bridgehead atoms. The molecule has 122 valence electrons. The summed E-state index contributed by atoms with van der Waals surface area (Å²) < 4.78 is 1.54. The molecule has 0 radical (unpaired) electrons. The lowest BCUT2D eigenvalue weighted by Crippen LogP contribution is -2.31. The molecule has 0 aromatic carbocycles. The Balaban J connectivity index is 1.97. The van der Waals surface area contributed by atoms with Crippen LogP contribution in [0.1, 0.15) is 38.3 Å². The predicted molar refractivity (Wildman–Crippen MR) is 85.6 cm³/mol. The third-order valence-corrected chi connectivity index (χ3v) is 4.40. The second-order valence-corrected chi connectivity index (χ2v) is 6.04. The summed E-state index contributed by atoms with van der Waals surface area (Å²) in [5.41, 5.74) is 0.255. The van der Waals surface area contributed by atoms with E-state index in [1.54, 1.807) is 23.9 Å². The lowest BCUT2D eigenvalue weighted by atomic mass is 9.86. The number of hydrogen-bond acceptors (Lipinski definition) is 6. The molecule has 2 atom stereocenters. The van der Waals surface area contributed by atoms with Gasteiger partial charge >= 0.3 is 5.69 Å². The molecule has 0 saturated heterocycles. The van der Waals surface area contributed by atoms with Crippen molar-refractivity contribution in [3.05, 3.63) is 34.5 Å². The van der Waals surface area contributed by atoms with Crippen molar-refractivity contribution < 1.29 is 4.92 Å². The molecule has 23 heavy (non-hydrogen) atoms. The average Bonchev–Trinajstić information content (AvgIpc) is 3.03. The van der Waals surface area contributed by atoms with E-state index in [0.29, 0.717) is 23.6 Å². The quantitative estimate of drug-likeness (QED) is 0.688. The maximum atomic E-state index is 11.4. The van der Waals surface area contributed by atoms with Gasteiger partial charge in [0.1, 0.15) is 12.0 Å². The normalized spacial score (nSPS) is 21.1. The first-order chi connectivity index (χ1) is 11.1. The SMILES string of the molecule is Cc1nc(NC2CCCC[C@@H]2C)nc(-n2ccnc2)c1[N+](=O)[O-]. The molecule has 1 aliphatic rings. The van der Waals surface area contributed by atoms with Crippen LogP contribution in [0.5, 0.6) is 0 Å². The van der Waals surface area contributed by atoms with Gasteiger partial charge in [-0.2, -0.15) is 4.98 Å². The molecule has 1 aliphatic carbocycles. The van der Waals surface area contributed by atoms with Crippen LogP contribution in [0.15, 0.2) is 18.7 Å². The minimum Gasteiger partial charge on any atom is -0.351 e. The minimum absolute atomic E-state index is 0.0924. The molecule has 0 amide bonds. The number of imidazole rings is 1. The third-order valence-electron chi connectivity index (χ3n) is 4.40. The van der Waals surface area contributed by atoms with Crippen LogP contribution in [0, 0.1) is 23.0 Å². The van der Waals surface area contributed by atoms with Gasteiger partial charge in [-0.3, -0.25) is 14.7 Å². The molecule has 8 heteroatoms. The predicted octanol–water partition coefficient (Wildman–Crippen LogP) is 2.87. The number of nitro groups is 1. The maximum absolute atomic E-state index is 11.4. The second kappa shape index (κ2) is 6.31. The van der Waals surface area contributed by atoms with Crippen LogP contribution >= 0.6 is 0 Å². The van der Waals surface area contributed by atoms with Crippen molar-refractivity contribution in [3.63, 3.8) is 0 Å². The van der Waals surface area contributed by atoms with Gasteiger partial charge in [-0.15, -0.1) is 0 Å². The minimum atomic E-state index is -0.447. The summed E-state index contributed by atoms with van der Waals surface area (Å²) >= 11 is 0. The molecule has 1 unspecified atom stereocenters. The number of aryl methyl sites for hydroxylation is 1. The van der Waals surface area contributed by atoms with E-state index >= 15 is 0 Å². The summed E-state index contributed by atoms with van der Waals surface area (Å²) in [5, 5.41) is 14.7. The van der Waals surface area contributed by atoms with E-state index in [4.69, 9.17) is 0 Å².